The number of anilines is 1. The minimum absolute atomic E-state index is 0.123. The molecule has 0 aliphatic carbocycles. The Balaban J connectivity index is 1.69. The predicted molar refractivity (Wildman–Crippen MR) is 94.5 cm³/mol. The molecule has 0 unspecified atom stereocenters. The molecule has 0 atom stereocenters. The fraction of sp³-hybridized carbons (Fsp3) is 0.211. The van der Waals surface area contributed by atoms with Crippen LogP contribution in [0.2, 0.25) is 0 Å². The molecule has 0 saturated carbocycles. The number of amides is 1. The summed E-state index contributed by atoms with van der Waals surface area (Å²) in [5.41, 5.74) is 4.61. The minimum Gasteiger partial charge on any atom is -0.484 e. The van der Waals surface area contributed by atoms with Gasteiger partial charge in [0.25, 0.3) is 5.91 Å². The Morgan fingerprint density at radius 3 is 2.52 bits per heavy atom. The van der Waals surface area contributed by atoms with Crippen molar-refractivity contribution < 1.29 is 14.2 Å². The van der Waals surface area contributed by atoms with Gasteiger partial charge >= 0.3 is 0 Å². The molecule has 0 aliphatic heterocycles. The molecule has 1 amide bonds. The summed E-state index contributed by atoms with van der Waals surface area (Å²) in [6.07, 6.45) is 0. The zero-order valence-electron chi connectivity index (χ0n) is 14.4. The molecule has 1 aromatic heterocycles. The highest BCUT2D eigenvalue weighted by molar-refractivity contribution is 5.94. The van der Waals surface area contributed by atoms with Crippen LogP contribution in [0.1, 0.15) is 16.7 Å². The minimum atomic E-state index is -0.331. The summed E-state index contributed by atoms with van der Waals surface area (Å²) in [5.74, 6) is 0.586. The maximum atomic E-state index is 12.1. The van der Waals surface area contributed by atoms with Crippen molar-refractivity contribution in [3.63, 3.8) is 0 Å². The van der Waals surface area contributed by atoms with Crippen LogP contribution in [-0.4, -0.2) is 22.8 Å². The second-order valence-corrected chi connectivity index (χ2v) is 5.93. The van der Waals surface area contributed by atoms with Crippen molar-refractivity contribution in [3.05, 3.63) is 59.2 Å². The monoisotopic (exact) mass is 337 g/mol. The van der Waals surface area contributed by atoms with E-state index in [1.165, 1.54) is 0 Å². The lowest BCUT2D eigenvalue weighted by atomic mass is 10.0. The van der Waals surface area contributed by atoms with Crippen LogP contribution in [0.15, 0.2) is 47.1 Å². The van der Waals surface area contributed by atoms with Crippen LogP contribution < -0.4 is 10.1 Å². The molecule has 0 aliphatic rings. The van der Waals surface area contributed by atoms with E-state index in [-0.39, 0.29) is 18.3 Å². The first-order valence-corrected chi connectivity index (χ1v) is 7.92. The second-order valence-electron chi connectivity index (χ2n) is 5.93. The maximum absolute atomic E-state index is 12.1. The molecule has 6 heteroatoms. The topological polar surface area (TPSA) is 77.2 Å². The van der Waals surface area contributed by atoms with Gasteiger partial charge < -0.3 is 10.1 Å². The third-order valence-corrected chi connectivity index (χ3v) is 3.79. The largest absolute Gasteiger partial charge is 0.484 e. The van der Waals surface area contributed by atoms with Gasteiger partial charge in [-0.25, -0.2) is 4.63 Å². The maximum Gasteiger partial charge on any atom is 0.263 e. The average molecular weight is 337 g/mol. The van der Waals surface area contributed by atoms with E-state index in [2.05, 4.69) is 15.6 Å². The van der Waals surface area contributed by atoms with Crippen LogP contribution in [0.3, 0.4) is 0 Å². The molecule has 2 aromatic carbocycles. The summed E-state index contributed by atoms with van der Waals surface area (Å²) in [4.78, 5) is 12.1. The van der Waals surface area contributed by atoms with E-state index in [1.807, 2.05) is 63.2 Å². The Morgan fingerprint density at radius 2 is 1.76 bits per heavy atom. The summed E-state index contributed by atoms with van der Waals surface area (Å²) in [6.45, 7) is 5.82. The molecule has 0 bridgehead atoms. The summed E-state index contributed by atoms with van der Waals surface area (Å²) in [5, 5.41) is 10.4. The van der Waals surface area contributed by atoms with Crippen LogP contribution in [0.5, 0.6) is 5.75 Å². The van der Waals surface area contributed by atoms with Gasteiger partial charge in [0.15, 0.2) is 12.3 Å². The summed E-state index contributed by atoms with van der Waals surface area (Å²) in [7, 11) is 0. The molecule has 1 heterocycles. The van der Waals surface area contributed by atoms with Crippen molar-refractivity contribution in [1.82, 2.24) is 10.3 Å². The number of aryl methyl sites for hydroxylation is 3. The van der Waals surface area contributed by atoms with E-state index in [1.54, 1.807) is 0 Å². The highest BCUT2D eigenvalue weighted by Gasteiger charge is 2.17. The van der Waals surface area contributed by atoms with Crippen molar-refractivity contribution in [2.24, 2.45) is 0 Å². The number of benzene rings is 2. The number of ether oxygens (including phenoxy) is 1. The molecular formula is C19H19N3O3. The third kappa shape index (κ3) is 4.03. The molecular weight excluding hydrogens is 318 g/mol. The number of carbonyl (C=O) groups is 1. The third-order valence-electron chi connectivity index (χ3n) is 3.79. The second kappa shape index (κ2) is 7.17. The molecule has 128 valence electrons. The number of aromatic nitrogens is 2. The Hall–Kier alpha value is -3.15. The van der Waals surface area contributed by atoms with E-state index < -0.39 is 0 Å². The van der Waals surface area contributed by atoms with Crippen LogP contribution in [0, 0.1) is 20.8 Å². The molecule has 0 radical (unpaired) electrons. The van der Waals surface area contributed by atoms with Gasteiger partial charge in [0.1, 0.15) is 5.75 Å². The standard InChI is InChI=1S/C19H19N3O3/c1-12-5-8-15(9-6-12)24-11-17(23)20-19-18(21-25-22-19)16-10-13(2)4-7-14(16)3/h4-10H,11H2,1-3H3,(H,20,22,23). The fourth-order valence-electron chi connectivity index (χ4n) is 2.39. The number of hydrogen-bond acceptors (Lipinski definition) is 5. The van der Waals surface area contributed by atoms with Gasteiger partial charge in [-0.15, -0.1) is 0 Å². The summed E-state index contributed by atoms with van der Waals surface area (Å²) < 4.78 is 10.3. The SMILES string of the molecule is Cc1ccc(OCC(=O)Nc2nonc2-c2cc(C)ccc2C)cc1. The van der Waals surface area contributed by atoms with E-state index in [0.717, 1.165) is 22.3 Å². The number of rotatable bonds is 5. The molecule has 0 spiro atoms. The zero-order valence-corrected chi connectivity index (χ0v) is 14.4. The first-order valence-electron chi connectivity index (χ1n) is 7.92. The van der Waals surface area contributed by atoms with Crippen LogP contribution in [0.25, 0.3) is 11.3 Å². The van der Waals surface area contributed by atoms with Gasteiger partial charge in [-0.05, 0) is 54.8 Å². The van der Waals surface area contributed by atoms with Gasteiger partial charge in [0.2, 0.25) is 5.82 Å². The van der Waals surface area contributed by atoms with E-state index in [0.29, 0.717) is 11.4 Å². The van der Waals surface area contributed by atoms with Gasteiger partial charge in [0.05, 0.1) is 0 Å². The molecule has 1 N–H and O–H groups in total. The fourth-order valence-corrected chi connectivity index (χ4v) is 2.39. The molecule has 25 heavy (non-hydrogen) atoms. The first kappa shape index (κ1) is 16.7. The van der Waals surface area contributed by atoms with E-state index in [9.17, 15) is 4.79 Å². The lowest BCUT2D eigenvalue weighted by molar-refractivity contribution is -0.118. The Morgan fingerprint density at radius 1 is 1.04 bits per heavy atom. The summed E-state index contributed by atoms with van der Waals surface area (Å²) in [6, 6.07) is 13.5. The quantitative estimate of drug-likeness (QED) is 0.768. The van der Waals surface area contributed by atoms with E-state index in [4.69, 9.17) is 9.37 Å². The molecule has 6 nitrogen and oxygen atoms in total. The molecule has 0 saturated heterocycles. The number of hydrogen-bond donors (Lipinski definition) is 1. The smallest absolute Gasteiger partial charge is 0.263 e. The van der Waals surface area contributed by atoms with Crippen molar-refractivity contribution in [2.45, 2.75) is 20.8 Å². The number of nitrogens with one attached hydrogen (secondary N) is 1. The van der Waals surface area contributed by atoms with Gasteiger partial charge in [0, 0.05) is 5.56 Å². The summed E-state index contributed by atoms with van der Waals surface area (Å²) >= 11 is 0. The van der Waals surface area contributed by atoms with Crippen molar-refractivity contribution in [2.75, 3.05) is 11.9 Å². The van der Waals surface area contributed by atoms with Crippen molar-refractivity contribution in [3.8, 4) is 17.0 Å². The lowest BCUT2D eigenvalue weighted by Gasteiger charge is -2.08. The average Bonchev–Trinajstić information content (AvgIpc) is 3.04. The number of carbonyl (C=O) groups excluding carboxylic acids is 1. The zero-order chi connectivity index (χ0) is 17.8. The molecule has 3 rings (SSSR count). The van der Waals surface area contributed by atoms with E-state index >= 15 is 0 Å². The highest BCUT2D eigenvalue weighted by atomic mass is 16.6. The van der Waals surface area contributed by atoms with Crippen LogP contribution in [-0.2, 0) is 4.79 Å². The van der Waals surface area contributed by atoms with Crippen molar-refractivity contribution in [1.29, 1.82) is 0 Å². The normalized spacial score (nSPS) is 10.5. The number of nitrogens with zero attached hydrogens (tertiary/aromatic N) is 2. The van der Waals surface area contributed by atoms with Crippen molar-refractivity contribution >= 4 is 11.7 Å². The van der Waals surface area contributed by atoms with Gasteiger partial charge in [-0.3, -0.25) is 4.79 Å². The predicted octanol–water partition coefficient (Wildman–Crippen LogP) is 3.68. The Labute approximate surface area is 145 Å². The highest BCUT2D eigenvalue weighted by Crippen LogP contribution is 2.28. The van der Waals surface area contributed by atoms with Crippen LogP contribution >= 0.6 is 0 Å². The Bertz CT molecular complexity index is 885. The van der Waals surface area contributed by atoms with Gasteiger partial charge in [-0.2, -0.15) is 0 Å². The first-order chi connectivity index (χ1) is 12.0. The molecule has 3 aromatic rings. The lowest BCUT2D eigenvalue weighted by Crippen LogP contribution is -2.20. The van der Waals surface area contributed by atoms with Crippen LogP contribution in [0.4, 0.5) is 5.82 Å². The Kier molecular flexibility index (Phi) is 4.79. The van der Waals surface area contributed by atoms with Gasteiger partial charge in [-0.1, -0.05) is 35.4 Å². The molecule has 0 fully saturated rings.